The minimum atomic E-state index is 0.637. The largest absolute Gasteiger partial charge is 0.492 e. The predicted octanol–water partition coefficient (Wildman–Crippen LogP) is 8.69. The Morgan fingerprint density at radius 3 is 1.27 bits per heavy atom. The Hall–Kier alpha value is -2.16. The van der Waals surface area contributed by atoms with Crippen LogP contribution in [0.25, 0.3) is 22.3 Å². The van der Waals surface area contributed by atoms with Gasteiger partial charge in [0, 0.05) is 0 Å². The highest BCUT2D eigenvalue weighted by Crippen LogP contribution is 2.34. The first kappa shape index (κ1) is 22.5. The first-order chi connectivity index (χ1) is 14.6. The molecule has 0 aliphatic rings. The molecule has 0 saturated heterocycles. The summed E-state index contributed by atoms with van der Waals surface area (Å²) in [5.41, 5.74) is 4.33. The molecule has 0 atom stereocenters. The fraction of sp³-hybridized carbons (Fsp3) is 0.308. The number of rotatable bonds is 10. The highest BCUT2D eigenvalue weighted by molar-refractivity contribution is 6.32. The van der Waals surface area contributed by atoms with Gasteiger partial charge >= 0.3 is 0 Å². The topological polar surface area (TPSA) is 18.5 Å². The van der Waals surface area contributed by atoms with Crippen molar-refractivity contribution in [3.8, 4) is 33.8 Å². The van der Waals surface area contributed by atoms with Gasteiger partial charge in [-0.2, -0.15) is 0 Å². The molecule has 0 bridgehead atoms. The van der Waals surface area contributed by atoms with E-state index in [1.165, 1.54) is 0 Å². The van der Waals surface area contributed by atoms with Gasteiger partial charge in [0.2, 0.25) is 0 Å². The highest BCUT2D eigenvalue weighted by atomic mass is 35.5. The summed E-state index contributed by atoms with van der Waals surface area (Å²) in [4.78, 5) is 0. The van der Waals surface area contributed by atoms with Crippen molar-refractivity contribution in [2.75, 3.05) is 13.2 Å². The quantitative estimate of drug-likeness (QED) is 0.292. The molecule has 2 nitrogen and oxygen atoms in total. The van der Waals surface area contributed by atoms with E-state index in [0.717, 1.165) is 59.4 Å². The Morgan fingerprint density at radius 2 is 0.933 bits per heavy atom. The molecular formula is C26H28Cl2O2. The molecule has 0 aliphatic carbocycles. The second kappa shape index (κ2) is 11.3. The van der Waals surface area contributed by atoms with Gasteiger partial charge in [0.25, 0.3) is 0 Å². The molecule has 3 aromatic carbocycles. The van der Waals surface area contributed by atoms with E-state index in [1.807, 2.05) is 36.4 Å². The molecule has 3 aromatic rings. The van der Waals surface area contributed by atoms with Crippen LogP contribution in [0.3, 0.4) is 0 Å². The number of halogens is 2. The summed E-state index contributed by atoms with van der Waals surface area (Å²) in [6.07, 6.45) is 4.24. The van der Waals surface area contributed by atoms with Gasteiger partial charge in [-0.15, -0.1) is 0 Å². The van der Waals surface area contributed by atoms with Crippen molar-refractivity contribution < 1.29 is 9.47 Å². The fourth-order valence-corrected chi connectivity index (χ4v) is 3.57. The zero-order valence-electron chi connectivity index (χ0n) is 17.6. The smallest absolute Gasteiger partial charge is 0.137 e. The minimum absolute atomic E-state index is 0.637. The number of unbranched alkanes of at least 4 members (excludes halogenated alkanes) is 2. The van der Waals surface area contributed by atoms with Crippen LogP contribution in [0.1, 0.15) is 39.5 Å². The SMILES string of the molecule is CCCCOc1ccc(-c2ccc(-c3ccc(OCCCC)c(Cl)c3)cc2)cc1Cl. The molecule has 0 aromatic heterocycles. The molecule has 0 spiro atoms. The van der Waals surface area contributed by atoms with Crippen molar-refractivity contribution in [2.45, 2.75) is 39.5 Å². The van der Waals surface area contributed by atoms with Gasteiger partial charge in [-0.1, -0.05) is 86.3 Å². The van der Waals surface area contributed by atoms with Gasteiger partial charge in [0.05, 0.1) is 23.3 Å². The lowest BCUT2D eigenvalue weighted by molar-refractivity contribution is 0.309. The van der Waals surface area contributed by atoms with Crippen LogP contribution in [0.4, 0.5) is 0 Å². The highest BCUT2D eigenvalue weighted by Gasteiger charge is 2.08. The second-order valence-electron chi connectivity index (χ2n) is 7.27. The minimum Gasteiger partial charge on any atom is -0.492 e. The first-order valence-electron chi connectivity index (χ1n) is 10.6. The van der Waals surface area contributed by atoms with Gasteiger partial charge in [-0.05, 0) is 59.4 Å². The number of hydrogen-bond donors (Lipinski definition) is 0. The fourth-order valence-electron chi connectivity index (χ4n) is 3.10. The number of benzene rings is 3. The Morgan fingerprint density at radius 1 is 0.567 bits per heavy atom. The summed E-state index contributed by atoms with van der Waals surface area (Å²) in [7, 11) is 0. The van der Waals surface area contributed by atoms with Crippen LogP contribution < -0.4 is 9.47 Å². The van der Waals surface area contributed by atoms with E-state index in [4.69, 9.17) is 32.7 Å². The van der Waals surface area contributed by atoms with Crippen LogP contribution in [-0.4, -0.2) is 13.2 Å². The van der Waals surface area contributed by atoms with Crippen molar-refractivity contribution in [3.05, 3.63) is 70.7 Å². The van der Waals surface area contributed by atoms with Gasteiger partial charge < -0.3 is 9.47 Å². The standard InChI is InChI=1S/C26H28Cl2O2/c1-3-5-15-29-25-13-11-21(17-23(25)27)19-7-9-20(10-8-19)22-12-14-26(24(28)18-22)30-16-6-4-2/h7-14,17-18H,3-6,15-16H2,1-2H3. The molecule has 30 heavy (non-hydrogen) atoms. The first-order valence-corrected chi connectivity index (χ1v) is 11.3. The van der Waals surface area contributed by atoms with Crippen LogP contribution in [0.5, 0.6) is 11.5 Å². The van der Waals surface area contributed by atoms with E-state index in [9.17, 15) is 0 Å². The molecule has 0 saturated carbocycles. The Labute approximate surface area is 189 Å². The Bertz CT molecular complexity index is 873. The lowest BCUT2D eigenvalue weighted by Gasteiger charge is -2.11. The molecule has 0 unspecified atom stereocenters. The average molecular weight is 443 g/mol. The second-order valence-corrected chi connectivity index (χ2v) is 8.09. The molecule has 0 heterocycles. The van der Waals surface area contributed by atoms with Crippen molar-refractivity contribution in [2.24, 2.45) is 0 Å². The van der Waals surface area contributed by atoms with Gasteiger partial charge in [0.15, 0.2) is 0 Å². The summed E-state index contributed by atoms with van der Waals surface area (Å²) in [6.45, 7) is 5.66. The maximum atomic E-state index is 6.41. The molecule has 0 fully saturated rings. The van der Waals surface area contributed by atoms with Crippen molar-refractivity contribution in [3.63, 3.8) is 0 Å². The van der Waals surface area contributed by atoms with Gasteiger partial charge in [-0.25, -0.2) is 0 Å². The number of hydrogen-bond acceptors (Lipinski definition) is 2. The van der Waals surface area contributed by atoms with E-state index in [-0.39, 0.29) is 0 Å². The van der Waals surface area contributed by atoms with E-state index >= 15 is 0 Å². The zero-order chi connectivity index (χ0) is 21.3. The third kappa shape index (κ3) is 5.93. The van der Waals surface area contributed by atoms with Crippen molar-refractivity contribution in [1.82, 2.24) is 0 Å². The average Bonchev–Trinajstić information content (AvgIpc) is 2.76. The van der Waals surface area contributed by atoms with Crippen molar-refractivity contribution in [1.29, 1.82) is 0 Å². The lowest BCUT2D eigenvalue weighted by atomic mass is 10.00. The molecule has 0 aliphatic heterocycles. The van der Waals surface area contributed by atoms with Crippen molar-refractivity contribution >= 4 is 23.2 Å². The summed E-state index contributed by atoms with van der Waals surface area (Å²) >= 11 is 12.8. The molecule has 158 valence electrons. The predicted molar refractivity (Wildman–Crippen MR) is 128 cm³/mol. The maximum Gasteiger partial charge on any atom is 0.137 e. The molecule has 0 amide bonds. The Balaban J connectivity index is 1.72. The van der Waals surface area contributed by atoms with Gasteiger partial charge in [-0.3, -0.25) is 0 Å². The van der Waals surface area contributed by atoms with Crippen LogP contribution in [0, 0.1) is 0 Å². The maximum absolute atomic E-state index is 6.41. The molecule has 3 rings (SSSR count). The lowest BCUT2D eigenvalue weighted by Crippen LogP contribution is -1.97. The zero-order valence-corrected chi connectivity index (χ0v) is 19.1. The summed E-state index contributed by atoms with van der Waals surface area (Å²) in [6, 6.07) is 20.3. The third-order valence-corrected chi connectivity index (χ3v) is 5.52. The number of ether oxygens (including phenoxy) is 2. The van der Waals surface area contributed by atoms with E-state index < -0.39 is 0 Å². The summed E-state index contributed by atoms with van der Waals surface area (Å²) in [5, 5.41) is 1.27. The van der Waals surface area contributed by atoms with Crippen LogP contribution in [-0.2, 0) is 0 Å². The molecule has 0 radical (unpaired) electrons. The monoisotopic (exact) mass is 442 g/mol. The van der Waals surface area contributed by atoms with Crippen LogP contribution >= 0.6 is 23.2 Å². The summed E-state index contributed by atoms with van der Waals surface area (Å²) < 4.78 is 11.5. The molecule has 0 N–H and O–H groups in total. The van der Waals surface area contributed by atoms with E-state index in [1.54, 1.807) is 0 Å². The van der Waals surface area contributed by atoms with E-state index in [0.29, 0.717) is 23.3 Å². The van der Waals surface area contributed by atoms with E-state index in [2.05, 4.69) is 38.1 Å². The normalized spacial score (nSPS) is 10.8. The van der Waals surface area contributed by atoms with Crippen LogP contribution in [0.15, 0.2) is 60.7 Å². The molecular weight excluding hydrogens is 415 g/mol. The third-order valence-electron chi connectivity index (χ3n) is 4.93. The molecule has 4 heteroatoms. The van der Waals surface area contributed by atoms with Crippen LogP contribution in [0.2, 0.25) is 10.0 Å². The Kier molecular flexibility index (Phi) is 8.48. The van der Waals surface area contributed by atoms with Gasteiger partial charge in [0.1, 0.15) is 11.5 Å². The summed E-state index contributed by atoms with van der Waals surface area (Å²) in [5.74, 6) is 1.47.